The summed E-state index contributed by atoms with van der Waals surface area (Å²) in [4.78, 5) is 2.43. The second-order valence-corrected chi connectivity index (χ2v) is 5.59. The largest absolute Gasteiger partial charge is 0.314 e. The minimum absolute atomic E-state index is 0.229. The number of nitrogens with zero attached hydrogens (tertiary/aromatic N) is 1. The maximum Gasteiger partial charge on any atom is 0.0912 e. The Hall–Kier alpha value is -0.930. The molecule has 0 unspecified atom stereocenters. The molecule has 0 saturated carbocycles. The van der Waals surface area contributed by atoms with Gasteiger partial charge in [0.2, 0.25) is 0 Å². The topological polar surface area (TPSA) is 15.3 Å². The number of piperazine rings is 1. The van der Waals surface area contributed by atoms with Crippen LogP contribution in [0.1, 0.15) is 34.7 Å². The predicted molar refractivity (Wildman–Crippen MR) is 78.4 cm³/mol. The standard InChI is InChI=1S/C16H25FN2/c1-12-10-13(2)16(14(3)11-12)15(4-5-17)19-8-6-18-7-9-19/h10-11,15,18H,4-9H2,1-3H3/t15-/m0/s1. The van der Waals surface area contributed by atoms with Gasteiger partial charge >= 0.3 is 0 Å². The van der Waals surface area contributed by atoms with Gasteiger partial charge in [-0.25, -0.2) is 0 Å². The number of hydrogen-bond acceptors (Lipinski definition) is 2. The van der Waals surface area contributed by atoms with Crippen LogP contribution in [0, 0.1) is 20.8 Å². The van der Waals surface area contributed by atoms with Gasteiger partial charge in [-0.1, -0.05) is 17.7 Å². The lowest BCUT2D eigenvalue weighted by atomic mass is 9.91. The molecule has 0 amide bonds. The first-order valence-corrected chi connectivity index (χ1v) is 7.22. The van der Waals surface area contributed by atoms with E-state index in [1.807, 2.05) is 0 Å². The number of aryl methyl sites for hydroxylation is 3. The minimum Gasteiger partial charge on any atom is -0.314 e. The van der Waals surface area contributed by atoms with Gasteiger partial charge < -0.3 is 5.32 Å². The monoisotopic (exact) mass is 264 g/mol. The van der Waals surface area contributed by atoms with Crippen molar-refractivity contribution in [2.45, 2.75) is 33.2 Å². The maximum absolute atomic E-state index is 13.0. The summed E-state index contributed by atoms with van der Waals surface area (Å²) in [5.41, 5.74) is 5.23. The molecular formula is C16H25FN2. The van der Waals surface area contributed by atoms with Crippen LogP contribution < -0.4 is 5.32 Å². The van der Waals surface area contributed by atoms with Crippen molar-refractivity contribution >= 4 is 0 Å². The van der Waals surface area contributed by atoms with Gasteiger partial charge in [0.25, 0.3) is 0 Å². The Morgan fingerprint density at radius 2 is 1.74 bits per heavy atom. The number of alkyl halides is 1. The molecule has 0 aliphatic carbocycles. The van der Waals surface area contributed by atoms with Gasteiger partial charge in [-0.05, 0) is 43.9 Å². The average Bonchev–Trinajstić information content (AvgIpc) is 2.37. The fraction of sp³-hybridized carbons (Fsp3) is 0.625. The zero-order valence-electron chi connectivity index (χ0n) is 12.3. The van der Waals surface area contributed by atoms with Crippen LogP contribution in [0.25, 0.3) is 0 Å². The summed E-state index contributed by atoms with van der Waals surface area (Å²) in [6, 6.07) is 4.67. The van der Waals surface area contributed by atoms with E-state index in [4.69, 9.17) is 0 Å². The molecule has 1 aliphatic rings. The third-order valence-electron chi connectivity index (χ3n) is 4.05. The van der Waals surface area contributed by atoms with E-state index in [0.29, 0.717) is 6.42 Å². The molecule has 1 heterocycles. The second kappa shape index (κ2) is 6.49. The normalized spacial score (nSPS) is 18.5. The number of benzene rings is 1. The van der Waals surface area contributed by atoms with E-state index >= 15 is 0 Å². The molecule has 2 rings (SSSR count). The highest BCUT2D eigenvalue weighted by Crippen LogP contribution is 2.31. The molecule has 1 fully saturated rings. The van der Waals surface area contributed by atoms with Crippen molar-refractivity contribution in [2.24, 2.45) is 0 Å². The van der Waals surface area contributed by atoms with Crippen LogP contribution in [0.4, 0.5) is 4.39 Å². The zero-order valence-corrected chi connectivity index (χ0v) is 12.3. The zero-order chi connectivity index (χ0) is 13.8. The molecule has 3 heteroatoms. The molecule has 106 valence electrons. The Morgan fingerprint density at radius 1 is 1.16 bits per heavy atom. The first-order chi connectivity index (χ1) is 9.13. The molecule has 1 aliphatic heterocycles. The van der Waals surface area contributed by atoms with Crippen LogP contribution >= 0.6 is 0 Å². The highest BCUT2D eigenvalue weighted by Gasteiger charge is 2.24. The molecule has 0 bridgehead atoms. The summed E-state index contributed by atoms with van der Waals surface area (Å²) < 4.78 is 13.0. The first kappa shape index (κ1) is 14.5. The molecule has 1 saturated heterocycles. The molecular weight excluding hydrogens is 239 g/mol. The van der Waals surface area contributed by atoms with Gasteiger partial charge in [0.05, 0.1) is 6.67 Å². The van der Waals surface area contributed by atoms with Crippen LogP contribution in [0.5, 0.6) is 0 Å². The first-order valence-electron chi connectivity index (χ1n) is 7.22. The Bertz CT molecular complexity index is 402. The maximum atomic E-state index is 13.0. The molecule has 0 radical (unpaired) electrons. The van der Waals surface area contributed by atoms with Crippen LogP contribution in [0.3, 0.4) is 0 Å². The third kappa shape index (κ3) is 3.34. The van der Waals surface area contributed by atoms with Crippen molar-refractivity contribution < 1.29 is 4.39 Å². The Balaban J connectivity index is 2.32. The number of hydrogen-bond donors (Lipinski definition) is 1. The van der Waals surface area contributed by atoms with Crippen molar-refractivity contribution in [2.75, 3.05) is 32.9 Å². The third-order valence-corrected chi connectivity index (χ3v) is 4.05. The molecule has 0 aromatic heterocycles. The SMILES string of the molecule is Cc1cc(C)c([C@H](CCF)N2CCNCC2)c(C)c1. The lowest BCUT2D eigenvalue weighted by Crippen LogP contribution is -2.45. The highest BCUT2D eigenvalue weighted by atomic mass is 19.1. The Labute approximate surface area is 116 Å². The molecule has 1 aromatic carbocycles. The van der Waals surface area contributed by atoms with E-state index in [9.17, 15) is 4.39 Å². The van der Waals surface area contributed by atoms with E-state index in [2.05, 4.69) is 43.1 Å². The summed E-state index contributed by atoms with van der Waals surface area (Å²) in [7, 11) is 0. The number of nitrogens with one attached hydrogen (secondary N) is 1. The second-order valence-electron chi connectivity index (χ2n) is 5.59. The van der Waals surface area contributed by atoms with Crippen LogP contribution in [0.2, 0.25) is 0 Å². The van der Waals surface area contributed by atoms with Gasteiger partial charge in [0.15, 0.2) is 0 Å². The van der Waals surface area contributed by atoms with E-state index in [0.717, 1.165) is 26.2 Å². The fourth-order valence-electron chi connectivity index (χ4n) is 3.32. The van der Waals surface area contributed by atoms with Crippen LogP contribution in [-0.4, -0.2) is 37.8 Å². The van der Waals surface area contributed by atoms with Crippen molar-refractivity contribution in [3.8, 4) is 0 Å². The van der Waals surface area contributed by atoms with Gasteiger partial charge in [0, 0.05) is 32.2 Å². The Morgan fingerprint density at radius 3 is 2.26 bits per heavy atom. The summed E-state index contributed by atoms with van der Waals surface area (Å²) in [5, 5.41) is 3.37. The summed E-state index contributed by atoms with van der Waals surface area (Å²) in [5.74, 6) is 0. The van der Waals surface area contributed by atoms with E-state index in [-0.39, 0.29) is 12.7 Å². The lowest BCUT2D eigenvalue weighted by Gasteiger charge is -2.36. The van der Waals surface area contributed by atoms with E-state index in [1.165, 1.54) is 22.3 Å². The molecule has 2 nitrogen and oxygen atoms in total. The Kier molecular flexibility index (Phi) is 4.94. The smallest absolute Gasteiger partial charge is 0.0912 e. The van der Waals surface area contributed by atoms with Crippen molar-refractivity contribution in [3.63, 3.8) is 0 Å². The molecule has 0 spiro atoms. The van der Waals surface area contributed by atoms with Crippen LogP contribution in [-0.2, 0) is 0 Å². The van der Waals surface area contributed by atoms with Crippen molar-refractivity contribution in [1.82, 2.24) is 10.2 Å². The van der Waals surface area contributed by atoms with Crippen molar-refractivity contribution in [3.05, 3.63) is 34.4 Å². The molecule has 19 heavy (non-hydrogen) atoms. The summed E-state index contributed by atoms with van der Waals surface area (Å²) in [6.07, 6.45) is 0.602. The van der Waals surface area contributed by atoms with Gasteiger partial charge in [-0.2, -0.15) is 0 Å². The summed E-state index contributed by atoms with van der Waals surface area (Å²) >= 11 is 0. The number of halogens is 1. The van der Waals surface area contributed by atoms with Crippen molar-refractivity contribution in [1.29, 1.82) is 0 Å². The summed E-state index contributed by atoms with van der Waals surface area (Å²) in [6.45, 7) is 10.2. The number of rotatable bonds is 4. The van der Waals surface area contributed by atoms with E-state index in [1.54, 1.807) is 0 Å². The lowest BCUT2D eigenvalue weighted by molar-refractivity contribution is 0.156. The van der Waals surface area contributed by atoms with Crippen LogP contribution in [0.15, 0.2) is 12.1 Å². The highest BCUT2D eigenvalue weighted by molar-refractivity contribution is 5.39. The predicted octanol–water partition coefficient (Wildman–Crippen LogP) is 2.92. The van der Waals surface area contributed by atoms with Gasteiger partial charge in [0.1, 0.15) is 0 Å². The quantitative estimate of drug-likeness (QED) is 0.899. The molecule has 1 atom stereocenters. The fourth-order valence-corrected chi connectivity index (χ4v) is 3.32. The molecule has 1 N–H and O–H groups in total. The van der Waals surface area contributed by atoms with Gasteiger partial charge in [-0.3, -0.25) is 9.29 Å². The average molecular weight is 264 g/mol. The van der Waals surface area contributed by atoms with Gasteiger partial charge in [-0.15, -0.1) is 0 Å². The van der Waals surface area contributed by atoms with E-state index < -0.39 is 0 Å². The molecule has 1 aromatic rings. The minimum atomic E-state index is -0.249.